The maximum Gasteiger partial charge on any atom is 0.338 e. The Labute approximate surface area is 224 Å². The van der Waals surface area contributed by atoms with E-state index in [2.05, 4.69) is 0 Å². The van der Waals surface area contributed by atoms with Gasteiger partial charge in [-0.25, -0.2) is 9.79 Å². The number of aromatic nitrogens is 1. The van der Waals surface area contributed by atoms with Gasteiger partial charge in [0.15, 0.2) is 16.3 Å². The zero-order valence-corrected chi connectivity index (χ0v) is 23.0. The average molecular weight is 541 g/mol. The Balaban J connectivity index is 1.91. The van der Waals surface area contributed by atoms with Crippen molar-refractivity contribution in [3.8, 4) is 11.5 Å². The molecule has 9 heteroatoms. The maximum atomic E-state index is 13.8. The van der Waals surface area contributed by atoms with Crippen molar-refractivity contribution >= 4 is 35.0 Å². The lowest BCUT2D eigenvalue weighted by molar-refractivity contribution is -0.136. The Morgan fingerprint density at radius 3 is 2.57 bits per heavy atom. The van der Waals surface area contributed by atoms with Crippen LogP contribution in [0.25, 0.3) is 6.08 Å². The third-order valence-electron chi connectivity index (χ3n) is 6.21. The highest BCUT2D eigenvalue weighted by atomic mass is 35.5. The minimum Gasteiger partial charge on any atom is -0.493 e. The molecule has 4 rings (SSSR count). The topological polar surface area (TPSA) is 79.1 Å². The number of carbonyl (C=O) groups is 1. The second-order valence-corrected chi connectivity index (χ2v) is 9.99. The summed E-state index contributed by atoms with van der Waals surface area (Å²) in [6.07, 6.45) is 3.05. The fraction of sp³-hybridized carbons (Fsp3) is 0.321. The first kappa shape index (κ1) is 26.7. The van der Waals surface area contributed by atoms with Gasteiger partial charge in [-0.05, 0) is 49.1 Å². The number of ether oxygens (including phenoxy) is 3. The highest BCUT2D eigenvalue weighted by Crippen LogP contribution is 2.37. The lowest BCUT2D eigenvalue weighted by atomic mass is 9.95. The number of allylic oxidation sites excluding steroid dienone is 1. The van der Waals surface area contributed by atoms with E-state index < -0.39 is 12.0 Å². The van der Waals surface area contributed by atoms with Crippen LogP contribution in [0.2, 0.25) is 5.02 Å². The van der Waals surface area contributed by atoms with E-state index in [0.717, 1.165) is 12.0 Å². The molecule has 7 nitrogen and oxygen atoms in total. The number of hydrogen-bond acceptors (Lipinski definition) is 7. The Hall–Kier alpha value is -3.36. The monoisotopic (exact) mass is 540 g/mol. The first-order valence-corrected chi connectivity index (χ1v) is 13.2. The first-order valence-electron chi connectivity index (χ1n) is 12.0. The van der Waals surface area contributed by atoms with Gasteiger partial charge in [-0.1, -0.05) is 67.1 Å². The van der Waals surface area contributed by atoms with Crippen LogP contribution in [0.4, 0.5) is 0 Å². The predicted octanol–water partition coefficient (Wildman–Crippen LogP) is 4.64. The molecule has 0 fully saturated rings. The van der Waals surface area contributed by atoms with Crippen molar-refractivity contribution in [2.45, 2.75) is 45.8 Å². The van der Waals surface area contributed by atoms with Crippen LogP contribution in [-0.4, -0.2) is 30.9 Å². The summed E-state index contributed by atoms with van der Waals surface area (Å²) in [4.78, 5) is 31.8. The molecule has 0 amide bonds. The van der Waals surface area contributed by atoms with Crippen LogP contribution in [0, 0.1) is 0 Å². The van der Waals surface area contributed by atoms with E-state index >= 15 is 0 Å². The van der Waals surface area contributed by atoms with Gasteiger partial charge in [0.1, 0.15) is 0 Å². The van der Waals surface area contributed by atoms with E-state index in [1.54, 1.807) is 29.9 Å². The zero-order chi connectivity index (χ0) is 26.7. The lowest BCUT2D eigenvalue weighted by Gasteiger charge is -2.25. The van der Waals surface area contributed by atoms with Crippen molar-refractivity contribution in [2.75, 3.05) is 14.2 Å². The molecule has 0 aliphatic carbocycles. The summed E-state index contributed by atoms with van der Waals surface area (Å²) in [5.41, 5.74) is 2.19. The molecule has 2 heterocycles. The van der Waals surface area contributed by atoms with Gasteiger partial charge in [0, 0.05) is 0 Å². The highest BCUT2D eigenvalue weighted by molar-refractivity contribution is 7.07. The van der Waals surface area contributed by atoms with Crippen LogP contribution in [0.15, 0.2) is 63.5 Å². The summed E-state index contributed by atoms with van der Waals surface area (Å²) < 4.78 is 18.6. The van der Waals surface area contributed by atoms with Crippen LogP contribution >= 0.6 is 22.9 Å². The summed E-state index contributed by atoms with van der Waals surface area (Å²) in [6, 6.07) is 12.3. The van der Waals surface area contributed by atoms with Gasteiger partial charge < -0.3 is 14.2 Å². The van der Waals surface area contributed by atoms with E-state index in [1.807, 2.05) is 51.1 Å². The number of carbonyl (C=O) groups excluding carboxylic acids is 1. The van der Waals surface area contributed by atoms with Crippen molar-refractivity contribution in [2.24, 2.45) is 4.99 Å². The van der Waals surface area contributed by atoms with Gasteiger partial charge >= 0.3 is 5.97 Å². The molecule has 194 valence electrons. The fourth-order valence-corrected chi connectivity index (χ4v) is 5.47. The molecule has 0 spiro atoms. The first-order chi connectivity index (χ1) is 17.8. The Morgan fingerprint density at radius 1 is 1.22 bits per heavy atom. The smallest absolute Gasteiger partial charge is 0.338 e. The number of benzene rings is 2. The van der Waals surface area contributed by atoms with Crippen LogP contribution < -0.4 is 24.4 Å². The second-order valence-electron chi connectivity index (χ2n) is 8.57. The van der Waals surface area contributed by atoms with Gasteiger partial charge in [0.25, 0.3) is 5.56 Å². The second kappa shape index (κ2) is 11.4. The number of esters is 1. The number of hydrogen-bond donors (Lipinski definition) is 0. The van der Waals surface area contributed by atoms with Crippen LogP contribution in [0.5, 0.6) is 11.5 Å². The minimum absolute atomic E-state index is 0.0318. The van der Waals surface area contributed by atoms with Gasteiger partial charge in [0.05, 0.1) is 47.2 Å². The molecule has 1 aromatic heterocycles. The van der Waals surface area contributed by atoms with Crippen LogP contribution in [0.3, 0.4) is 0 Å². The Morgan fingerprint density at radius 2 is 1.95 bits per heavy atom. The molecule has 0 saturated carbocycles. The predicted molar refractivity (Wildman–Crippen MR) is 145 cm³/mol. The number of halogens is 1. The fourth-order valence-electron chi connectivity index (χ4n) is 4.19. The number of methoxy groups -OCH3 is 2. The number of nitrogens with zero attached hydrogens (tertiary/aromatic N) is 2. The largest absolute Gasteiger partial charge is 0.493 e. The number of thiazole rings is 1. The third-order valence-corrected chi connectivity index (χ3v) is 7.47. The average Bonchev–Trinajstić information content (AvgIpc) is 3.22. The SMILES string of the molecule is CCC1=C(C(=O)OC)[C@H](c2ccccc2)n2c(s/c(=C\c3cc(Cl)c(O[C@H](C)CC)c(OC)c3)c2=O)=N1. The van der Waals surface area contributed by atoms with E-state index in [1.165, 1.54) is 18.4 Å². The molecular weight excluding hydrogens is 512 g/mol. The van der Waals surface area contributed by atoms with Crippen molar-refractivity contribution < 1.29 is 19.0 Å². The van der Waals surface area contributed by atoms with Crippen molar-refractivity contribution in [1.82, 2.24) is 4.57 Å². The van der Waals surface area contributed by atoms with Gasteiger partial charge in [-0.2, -0.15) is 0 Å². The quantitative estimate of drug-likeness (QED) is 0.389. The normalized spacial score (nSPS) is 16.2. The van der Waals surface area contributed by atoms with Gasteiger partial charge in [0.2, 0.25) is 0 Å². The minimum atomic E-state index is -0.647. The van der Waals surface area contributed by atoms with Crippen LogP contribution in [-0.2, 0) is 9.53 Å². The van der Waals surface area contributed by atoms with E-state index in [9.17, 15) is 9.59 Å². The van der Waals surface area contributed by atoms with Gasteiger partial charge in [-0.3, -0.25) is 9.36 Å². The standard InChI is InChI=1S/C28H29ClN2O5S/c1-6-16(3)36-25-19(29)13-17(14-21(25)34-4)15-22-26(32)31-24(18-11-9-8-10-12-18)23(27(33)35-5)20(7-2)30-28(31)37-22/h8-16,24H,6-7H2,1-5H3/b22-15-/t16-,24+/m1/s1. The molecule has 3 aromatic rings. The Kier molecular flexibility index (Phi) is 8.19. The highest BCUT2D eigenvalue weighted by Gasteiger charge is 2.33. The Bertz CT molecular complexity index is 1520. The summed E-state index contributed by atoms with van der Waals surface area (Å²) >= 11 is 7.81. The molecule has 0 unspecified atom stereocenters. The summed E-state index contributed by atoms with van der Waals surface area (Å²) in [7, 11) is 2.88. The molecule has 0 saturated heterocycles. The van der Waals surface area contributed by atoms with Gasteiger partial charge in [-0.15, -0.1) is 0 Å². The van der Waals surface area contributed by atoms with Crippen molar-refractivity contribution in [1.29, 1.82) is 0 Å². The molecular formula is C28H29ClN2O5S. The molecule has 1 aliphatic heterocycles. The number of rotatable bonds is 8. The van der Waals surface area contributed by atoms with Crippen LogP contribution in [0.1, 0.15) is 50.8 Å². The molecule has 37 heavy (non-hydrogen) atoms. The number of fused-ring (bicyclic) bond motifs is 1. The lowest BCUT2D eigenvalue weighted by Crippen LogP contribution is -2.40. The molecule has 0 N–H and O–H groups in total. The maximum absolute atomic E-state index is 13.8. The molecule has 1 aliphatic rings. The van der Waals surface area contributed by atoms with Crippen molar-refractivity contribution in [3.05, 3.63) is 89.6 Å². The molecule has 0 radical (unpaired) electrons. The summed E-state index contributed by atoms with van der Waals surface area (Å²) in [6.45, 7) is 5.91. The molecule has 2 aromatic carbocycles. The van der Waals surface area contributed by atoms with E-state index in [0.29, 0.717) is 49.1 Å². The van der Waals surface area contributed by atoms with E-state index in [4.69, 9.17) is 30.8 Å². The molecule has 0 bridgehead atoms. The summed E-state index contributed by atoms with van der Waals surface area (Å²) in [5.74, 6) is 0.448. The third kappa shape index (κ3) is 5.22. The van der Waals surface area contributed by atoms with Crippen molar-refractivity contribution in [3.63, 3.8) is 0 Å². The van der Waals surface area contributed by atoms with E-state index in [-0.39, 0.29) is 11.7 Å². The molecule has 2 atom stereocenters. The zero-order valence-electron chi connectivity index (χ0n) is 21.4. The summed E-state index contributed by atoms with van der Waals surface area (Å²) in [5, 5.41) is 0.391.